The first-order chi connectivity index (χ1) is 24.8. The zero-order valence-corrected chi connectivity index (χ0v) is 29.0. The van der Waals surface area contributed by atoms with Crippen LogP contribution in [0, 0.1) is 5.92 Å². The highest BCUT2D eigenvalue weighted by atomic mass is 16.5. The first kappa shape index (κ1) is 35.9. The maximum atomic E-state index is 14.0. The molecule has 0 spiro atoms. The maximum Gasteiger partial charge on any atom is 0.261 e. The fourth-order valence-electron chi connectivity index (χ4n) is 6.89. The Morgan fingerprint density at radius 3 is 2.69 bits per heavy atom. The predicted octanol–water partition coefficient (Wildman–Crippen LogP) is 4.17. The number of unbranched alkanes of at least 4 members (excludes halogenated alkanes) is 1. The smallest absolute Gasteiger partial charge is 0.261 e. The molecule has 0 bridgehead atoms. The third-order valence-corrected chi connectivity index (χ3v) is 9.69. The molecule has 51 heavy (non-hydrogen) atoms. The molecular formula is C39H46N6O6. The normalized spacial score (nSPS) is 19.5. The minimum Gasteiger partial charge on any atom is -0.494 e. The van der Waals surface area contributed by atoms with Crippen LogP contribution in [-0.4, -0.2) is 74.5 Å². The molecule has 12 nitrogen and oxygen atoms in total. The molecule has 2 aliphatic heterocycles. The number of allylic oxidation sites excluding steroid dienone is 1. The fraction of sp³-hybridized carbons (Fsp3) is 0.385. The van der Waals surface area contributed by atoms with Crippen LogP contribution in [0.4, 0.5) is 17.1 Å². The van der Waals surface area contributed by atoms with E-state index in [0.29, 0.717) is 67.3 Å². The number of amides is 2. The van der Waals surface area contributed by atoms with Crippen LogP contribution in [-0.2, 0) is 28.2 Å². The Hall–Kier alpha value is -4.88. The van der Waals surface area contributed by atoms with Crippen molar-refractivity contribution in [3.63, 3.8) is 0 Å². The van der Waals surface area contributed by atoms with E-state index in [2.05, 4.69) is 20.9 Å². The van der Waals surface area contributed by atoms with E-state index in [9.17, 15) is 24.9 Å². The monoisotopic (exact) mass is 694 g/mol. The molecule has 0 aliphatic carbocycles. The summed E-state index contributed by atoms with van der Waals surface area (Å²) in [4.78, 5) is 29.1. The van der Waals surface area contributed by atoms with E-state index >= 15 is 0 Å². The van der Waals surface area contributed by atoms with Crippen LogP contribution < -0.4 is 20.3 Å². The Labute approximate surface area is 297 Å². The van der Waals surface area contributed by atoms with Crippen LogP contribution in [0.3, 0.4) is 0 Å². The standard InChI is InChI=1S/C39H46N6O6/c1-3-51-30-15-17-36-28(21-30)22-34(40-18-8-10-20-46)37(48)45(36)29-14-16-33-32(23-29)39(50,38(49)41-33)26(2)11-7-9-19-44-24-35(42-43-44)31(25-47)27-12-5-4-6-13-27/h4-7,11-17,21,23-24,26,31,34,40,46-47,50H,3,8-10,18-20,22,25H2,1-2H3,(H,41,49)/b11-7+/t26-,31?,34?,39+/m0/s1. The Kier molecular flexibility index (Phi) is 11.3. The van der Waals surface area contributed by atoms with E-state index in [1.165, 1.54) is 0 Å². The summed E-state index contributed by atoms with van der Waals surface area (Å²) in [5, 5.41) is 45.9. The van der Waals surface area contributed by atoms with Gasteiger partial charge in [-0.3, -0.25) is 19.2 Å². The summed E-state index contributed by atoms with van der Waals surface area (Å²) in [6.45, 7) is 5.33. The average Bonchev–Trinajstić information content (AvgIpc) is 3.71. The van der Waals surface area contributed by atoms with Crippen LogP contribution in [0.15, 0.2) is 85.1 Å². The molecule has 12 heteroatoms. The lowest BCUT2D eigenvalue weighted by atomic mass is 9.82. The predicted molar refractivity (Wildman–Crippen MR) is 194 cm³/mol. The van der Waals surface area contributed by atoms with Crippen LogP contribution in [0.2, 0.25) is 0 Å². The van der Waals surface area contributed by atoms with Crippen molar-refractivity contribution >= 4 is 28.9 Å². The van der Waals surface area contributed by atoms with Gasteiger partial charge in [-0.25, -0.2) is 0 Å². The van der Waals surface area contributed by atoms with Gasteiger partial charge in [0.25, 0.3) is 5.91 Å². The Balaban J connectivity index is 1.20. The molecule has 4 aromatic rings. The van der Waals surface area contributed by atoms with E-state index in [4.69, 9.17) is 4.74 Å². The second-order valence-corrected chi connectivity index (χ2v) is 13.0. The molecule has 2 aliphatic rings. The van der Waals surface area contributed by atoms with Gasteiger partial charge in [-0.05, 0) is 86.7 Å². The van der Waals surface area contributed by atoms with Gasteiger partial charge in [0.2, 0.25) is 5.91 Å². The van der Waals surface area contributed by atoms with E-state index in [-0.39, 0.29) is 25.0 Å². The molecule has 3 heterocycles. The second-order valence-electron chi connectivity index (χ2n) is 13.0. The molecule has 2 amide bonds. The maximum absolute atomic E-state index is 14.0. The Bertz CT molecular complexity index is 1860. The Morgan fingerprint density at radius 1 is 1.10 bits per heavy atom. The number of aryl methyl sites for hydroxylation is 1. The van der Waals surface area contributed by atoms with Gasteiger partial charge >= 0.3 is 0 Å². The fourth-order valence-corrected chi connectivity index (χ4v) is 6.89. The topological polar surface area (TPSA) is 162 Å². The van der Waals surface area contributed by atoms with Crippen LogP contribution >= 0.6 is 0 Å². The van der Waals surface area contributed by atoms with Crippen molar-refractivity contribution in [3.8, 4) is 5.75 Å². The number of rotatable bonds is 16. The molecule has 4 atom stereocenters. The zero-order valence-electron chi connectivity index (χ0n) is 29.0. The van der Waals surface area contributed by atoms with Gasteiger partial charge < -0.3 is 30.7 Å². The van der Waals surface area contributed by atoms with Gasteiger partial charge in [-0.1, -0.05) is 54.6 Å². The number of anilines is 3. The van der Waals surface area contributed by atoms with Crippen molar-refractivity contribution in [3.05, 3.63) is 107 Å². The van der Waals surface area contributed by atoms with Crippen molar-refractivity contribution in [1.82, 2.24) is 20.3 Å². The molecular weight excluding hydrogens is 648 g/mol. The number of nitrogens with zero attached hydrogens (tertiary/aromatic N) is 4. The molecule has 2 unspecified atom stereocenters. The Morgan fingerprint density at radius 2 is 1.92 bits per heavy atom. The lowest BCUT2D eigenvalue weighted by Crippen LogP contribution is -2.49. The molecule has 3 aromatic carbocycles. The lowest BCUT2D eigenvalue weighted by Gasteiger charge is -2.35. The van der Waals surface area contributed by atoms with Gasteiger partial charge in [-0.2, -0.15) is 0 Å². The third-order valence-electron chi connectivity index (χ3n) is 9.69. The van der Waals surface area contributed by atoms with Crippen molar-refractivity contribution in [2.45, 2.75) is 63.6 Å². The molecule has 268 valence electrons. The minimum absolute atomic E-state index is 0.0832. The minimum atomic E-state index is -1.87. The van der Waals surface area contributed by atoms with E-state index in [1.807, 2.05) is 73.8 Å². The summed E-state index contributed by atoms with van der Waals surface area (Å²) in [6, 6.07) is 20.1. The number of carbonyl (C=O) groups is 2. The number of benzene rings is 3. The third kappa shape index (κ3) is 7.45. The van der Waals surface area contributed by atoms with Crippen molar-refractivity contribution in [1.29, 1.82) is 0 Å². The van der Waals surface area contributed by atoms with E-state index in [0.717, 1.165) is 23.2 Å². The summed E-state index contributed by atoms with van der Waals surface area (Å²) in [6.07, 6.45) is 7.98. The number of aliphatic hydroxyl groups excluding tert-OH is 2. The molecule has 0 saturated heterocycles. The number of ether oxygens (including phenoxy) is 1. The quantitative estimate of drug-likeness (QED) is 0.0856. The van der Waals surface area contributed by atoms with Gasteiger partial charge in [0.1, 0.15) is 5.75 Å². The van der Waals surface area contributed by atoms with Crippen molar-refractivity contribution in [2.75, 3.05) is 36.6 Å². The number of hydrogen-bond donors (Lipinski definition) is 5. The number of hydrogen-bond acceptors (Lipinski definition) is 9. The van der Waals surface area contributed by atoms with Crippen molar-refractivity contribution < 1.29 is 29.6 Å². The molecule has 0 saturated carbocycles. The molecule has 0 fully saturated rings. The molecule has 0 radical (unpaired) electrons. The van der Waals surface area contributed by atoms with E-state index < -0.39 is 23.5 Å². The SMILES string of the molecule is CCOc1ccc2c(c1)CC(NCCCCO)C(=O)N2c1ccc2c(c1)[C@](O)([C@@H](C)/C=C/CCn1cc(C(CO)c3ccccc3)nn1)C(=O)N2. The number of fused-ring (bicyclic) bond motifs is 2. The average molecular weight is 695 g/mol. The zero-order chi connectivity index (χ0) is 36.0. The number of aromatic nitrogens is 3. The number of aliphatic hydroxyl groups is 3. The van der Waals surface area contributed by atoms with Crippen molar-refractivity contribution in [2.24, 2.45) is 5.92 Å². The van der Waals surface area contributed by atoms with Crippen LogP contribution in [0.25, 0.3) is 0 Å². The second kappa shape index (κ2) is 16.0. The van der Waals surface area contributed by atoms with Gasteiger partial charge in [0, 0.05) is 42.2 Å². The van der Waals surface area contributed by atoms with Gasteiger partial charge in [0.05, 0.1) is 36.6 Å². The summed E-state index contributed by atoms with van der Waals surface area (Å²) >= 11 is 0. The highest BCUT2D eigenvalue weighted by Crippen LogP contribution is 2.45. The lowest BCUT2D eigenvalue weighted by molar-refractivity contribution is -0.137. The highest BCUT2D eigenvalue weighted by molar-refractivity contribution is 6.09. The summed E-state index contributed by atoms with van der Waals surface area (Å²) in [7, 11) is 0. The number of nitrogens with one attached hydrogen (secondary N) is 2. The summed E-state index contributed by atoms with van der Waals surface area (Å²) in [5.74, 6) is -0.824. The first-order valence-electron chi connectivity index (χ1n) is 17.6. The van der Waals surface area contributed by atoms with Crippen LogP contribution in [0.1, 0.15) is 61.4 Å². The largest absolute Gasteiger partial charge is 0.494 e. The summed E-state index contributed by atoms with van der Waals surface area (Å²) in [5.41, 5.74) is 2.86. The van der Waals surface area contributed by atoms with Crippen LogP contribution in [0.5, 0.6) is 5.75 Å². The summed E-state index contributed by atoms with van der Waals surface area (Å²) < 4.78 is 7.47. The molecule has 6 rings (SSSR count). The number of carbonyl (C=O) groups excluding carboxylic acids is 2. The first-order valence-corrected chi connectivity index (χ1v) is 17.6. The molecule has 5 N–H and O–H groups in total. The molecule has 1 aromatic heterocycles. The van der Waals surface area contributed by atoms with E-state index in [1.54, 1.807) is 34.7 Å². The highest BCUT2D eigenvalue weighted by Gasteiger charge is 2.49. The van der Waals surface area contributed by atoms with Gasteiger partial charge in [-0.15, -0.1) is 5.10 Å². The van der Waals surface area contributed by atoms with Gasteiger partial charge in [0.15, 0.2) is 5.60 Å².